The molecule has 2 atom stereocenters. The number of hydrogen-bond donors (Lipinski definition) is 2. The summed E-state index contributed by atoms with van der Waals surface area (Å²) in [5.74, 6) is 0.0819. The molecule has 1 heterocycles. The minimum atomic E-state index is -0.910. The molecule has 1 aliphatic heterocycles. The van der Waals surface area contributed by atoms with Gasteiger partial charge in [-0.3, -0.25) is 9.59 Å². The van der Waals surface area contributed by atoms with E-state index in [2.05, 4.69) is 5.32 Å². The van der Waals surface area contributed by atoms with Crippen LogP contribution in [0.3, 0.4) is 0 Å². The van der Waals surface area contributed by atoms with Gasteiger partial charge in [0.15, 0.2) is 0 Å². The first kappa shape index (κ1) is 19.8. The minimum Gasteiger partial charge on any atom is -0.378 e. The number of nitrogens with one attached hydrogen (secondary N) is 1. The lowest BCUT2D eigenvalue weighted by Gasteiger charge is -2.57. The van der Waals surface area contributed by atoms with Crippen molar-refractivity contribution in [3.63, 3.8) is 0 Å². The fourth-order valence-electron chi connectivity index (χ4n) is 4.09. The Balaban J connectivity index is 1.58. The third-order valence-electron chi connectivity index (χ3n) is 6.22. The highest BCUT2D eigenvalue weighted by Crippen LogP contribution is 2.49. The molecule has 27 heavy (non-hydrogen) atoms. The number of amides is 2. The average Bonchev–Trinajstić information content (AvgIpc) is 3.04. The van der Waals surface area contributed by atoms with E-state index < -0.39 is 11.0 Å². The van der Waals surface area contributed by atoms with Crippen LogP contribution in [0.4, 0.5) is 0 Å². The predicted octanol–water partition coefficient (Wildman–Crippen LogP) is 1.96. The summed E-state index contributed by atoms with van der Waals surface area (Å²) in [5, 5.41) is 2.99. The monoisotopic (exact) mass is 373 g/mol. The predicted molar refractivity (Wildman–Crippen MR) is 104 cm³/mol. The maximum Gasteiger partial charge on any atom is 0.241 e. The maximum absolute atomic E-state index is 12.7. The fraction of sp³-hybridized carbons (Fsp3) is 0.619. The van der Waals surface area contributed by atoms with Crippen molar-refractivity contribution in [1.82, 2.24) is 10.2 Å². The Morgan fingerprint density at radius 3 is 2.74 bits per heavy atom. The minimum absolute atomic E-state index is 0.0135. The van der Waals surface area contributed by atoms with Gasteiger partial charge >= 0.3 is 0 Å². The highest BCUT2D eigenvalue weighted by molar-refractivity contribution is 5.88. The van der Waals surface area contributed by atoms with Crippen LogP contribution in [0.2, 0.25) is 0 Å². The first-order chi connectivity index (χ1) is 12.8. The molecule has 2 fully saturated rings. The van der Waals surface area contributed by atoms with Crippen LogP contribution in [-0.2, 0) is 27.4 Å². The first-order valence-corrected chi connectivity index (χ1v) is 9.82. The second kappa shape index (κ2) is 7.60. The molecule has 2 amide bonds. The van der Waals surface area contributed by atoms with Gasteiger partial charge in [0, 0.05) is 44.5 Å². The van der Waals surface area contributed by atoms with E-state index in [1.54, 1.807) is 0 Å². The maximum atomic E-state index is 12.7. The third-order valence-corrected chi connectivity index (χ3v) is 6.22. The second-order valence-electron chi connectivity index (χ2n) is 8.26. The average molecular weight is 373 g/mol. The van der Waals surface area contributed by atoms with E-state index in [1.807, 2.05) is 49.9 Å². The summed E-state index contributed by atoms with van der Waals surface area (Å²) in [7, 11) is 0. The summed E-state index contributed by atoms with van der Waals surface area (Å²) in [4.78, 5) is 26.4. The molecule has 2 aliphatic rings. The molecule has 148 valence electrons. The van der Waals surface area contributed by atoms with E-state index in [-0.39, 0.29) is 17.9 Å². The van der Waals surface area contributed by atoms with Gasteiger partial charge < -0.3 is 20.7 Å². The quantitative estimate of drug-likeness (QED) is 0.765. The van der Waals surface area contributed by atoms with E-state index in [0.717, 1.165) is 24.1 Å². The molecule has 0 spiro atoms. The van der Waals surface area contributed by atoms with Crippen molar-refractivity contribution in [2.24, 2.45) is 11.1 Å². The standard InChI is InChI=1S/C21H31N3O3/c1-4-27-17-12-21(22,20(17,2)3)19(26)23-13-15-7-5-8-16(11-15)14-24-10-6-9-18(24)25/h5,7-8,11,17H,4,6,9-10,12-14,22H2,1-3H3,(H,23,26). The van der Waals surface area contributed by atoms with Crippen molar-refractivity contribution < 1.29 is 14.3 Å². The Hall–Kier alpha value is -1.92. The smallest absolute Gasteiger partial charge is 0.241 e. The first-order valence-electron chi connectivity index (χ1n) is 9.82. The summed E-state index contributed by atoms with van der Waals surface area (Å²) in [6.45, 7) is 8.44. The van der Waals surface area contributed by atoms with E-state index in [4.69, 9.17) is 10.5 Å². The van der Waals surface area contributed by atoms with Gasteiger partial charge in [-0.05, 0) is 24.5 Å². The summed E-state index contributed by atoms with van der Waals surface area (Å²) >= 11 is 0. The zero-order chi connectivity index (χ0) is 19.7. The number of benzene rings is 1. The van der Waals surface area contributed by atoms with Crippen molar-refractivity contribution >= 4 is 11.8 Å². The van der Waals surface area contributed by atoms with Crippen molar-refractivity contribution in [3.05, 3.63) is 35.4 Å². The fourth-order valence-corrected chi connectivity index (χ4v) is 4.09. The van der Waals surface area contributed by atoms with Gasteiger partial charge in [-0.1, -0.05) is 38.1 Å². The topological polar surface area (TPSA) is 84.7 Å². The number of carbonyl (C=O) groups excluding carboxylic acids is 2. The van der Waals surface area contributed by atoms with Crippen LogP contribution in [0.1, 0.15) is 51.2 Å². The normalized spacial score (nSPS) is 26.7. The third kappa shape index (κ3) is 3.73. The lowest BCUT2D eigenvalue weighted by molar-refractivity contribution is -0.170. The van der Waals surface area contributed by atoms with Gasteiger partial charge in [-0.2, -0.15) is 0 Å². The molecule has 1 saturated heterocycles. The van der Waals surface area contributed by atoms with Gasteiger partial charge in [0.2, 0.25) is 11.8 Å². The SMILES string of the molecule is CCOC1CC(N)(C(=O)NCc2cccc(CN3CCCC3=O)c2)C1(C)C. The molecule has 0 radical (unpaired) electrons. The molecule has 6 nitrogen and oxygen atoms in total. The Morgan fingerprint density at radius 1 is 1.37 bits per heavy atom. The van der Waals surface area contributed by atoms with Crippen LogP contribution in [-0.4, -0.2) is 41.5 Å². The van der Waals surface area contributed by atoms with Gasteiger partial charge in [-0.25, -0.2) is 0 Å². The number of hydrogen-bond acceptors (Lipinski definition) is 4. The van der Waals surface area contributed by atoms with E-state index >= 15 is 0 Å². The van der Waals surface area contributed by atoms with Crippen molar-refractivity contribution in [2.75, 3.05) is 13.2 Å². The van der Waals surface area contributed by atoms with Crippen LogP contribution in [0.15, 0.2) is 24.3 Å². The molecule has 6 heteroatoms. The van der Waals surface area contributed by atoms with Crippen LogP contribution >= 0.6 is 0 Å². The largest absolute Gasteiger partial charge is 0.378 e. The van der Waals surface area contributed by atoms with Crippen molar-refractivity contribution in [2.45, 2.75) is 64.8 Å². The Morgan fingerprint density at radius 2 is 2.11 bits per heavy atom. The van der Waals surface area contributed by atoms with Crippen LogP contribution in [0.5, 0.6) is 0 Å². The number of nitrogens with zero attached hydrogens (tertiary/aromatic N) is 1. The molecule has 1 aliphatic carbocycles. The number of likely N-dealkylation sites (tertiary alicyclic amines) is 1. The molecule has 1 aromatic rings. The Bertz CT molecular complexity index is 718. The van der Waals surface area contributed by atoms with E-state index in [1.165, 1.54) is 0 Å². The van der Waals surface area contributed by atoms with Crippen LogP contribution in [0, 0.1) is 5.41 Å². The molecular formula is C21H31N3O3. The molecule has 0 bridgehead atoms. The lowest BCUT2D eigenvalue weighted by atomic mass is 9.54. The zero-order valence-corrected chi connectivity index (χ0v) is 16.6. The summed E-state index contributed by atoms with van der Waals surface area (Å²) in [6, 6.07) is 8.01. The second-order valence-corrected chi connectivity index (χ2v) is 8.26. The van der Waals surface area contributed by atoms with Gasteiger partial charge in [0.05, 0.1) is 6.10 Å². The van der Waals surface area contributed by atoms with E-state index in [9.17, 15) is 9.59 Å². The molecule has 2 unspecified atom stereocenters. The molecular weight excluding hydrogens is 342 g/mol. The van der Waals surface area contributed by atoms with Crippen molar-refractivity contribution in [3.8, 4) is 0 Å². The van der Waals surface area contributed by atoms with Crippen molar-refractivity contribution in [1.29, 1.82) is 0 Å². The number of ether oxygens (including phenoxy) is 1. The molecule has 1 saturated carbocycles. The van der Waals surface area contributed by atoms with E-state index in [0.29, 0.717) is 32.5 Å². The number of nitrogens with two attached hydrogens (primary N) is 1. The highest BCUT2D eigenvalue weighted by Gasteiger charge is 2.62. The number of rotatable bonds is 7. The lowest BCUT2D eigenvalue weighted by Crippen LogP contribution is -2.75. The summed E-state index contributed by atoms with van der Waals surface area (Å²) < 4.78 is 5.70. The van der Waals surface area contributed by atoms with Gasteiger partial charge in [-0.15, -0.1) is 0 Å². The molecule has 3 N–H and O–H groups in total. The zero-order valence-electron chi connectivity index (χ0n) is 16.6. The number of carbonyl (C=O) groups is 2. The Kier molecular flexibility index (Phi) is 5.58. The molecule has 1 aromatic carbocycles. The van der Waals surface area contributed by atoms with Gasteiger partial charge in [0.25, 0.3) is 0 Å². The Labute approximate surface area is 161 Å². The summed E-state index contributed by atoms with van der Waals surface area (Å²) in [5.41, 5.74) is 7.21. The molecule has 0 aromatic heterocycles. The summed E-state index contributed by atoms with van der Waals surface area (Å²) in [6.07, 6.45) is 2.13. The van der Waals surface area contributed by atoms with Crippen LogP contribution in [0.25, 0.3) is 0 Å². The molecule has 3 rings (SSSR count). The highest BCUT2D eigenvalue weighted by atomic mass is 16.5. The van der Waals surface area contributed by atoms with Crippen LogP contribution < -0.4 is 11.1 Å². The van der Waals surface area contributed by atoms with Gasteiger partial charge in [0.1, 0.15) is 5.54 Å².